The first kappa shape index (κ1) is 21.7. The Kier molecular flexibility index (Phi) is 6.85. The highest BCUT2D eigenvalue weighted by Crippen LogP contribution is 2.27. The van der Waals surface area contributed by atoms with Crippen molar-refractivity contribution >= 4 is 23.4 Å². The quantitative estimate of drug-likeness (QED) is 0.683. The van der Waals surface area contributed by atoms with Gasteiger partial charge in [0, 0.05) is 51.5 Å². The lowest BCUT2D eigenvalue weighted by Gasteiger charge is -2.36. The summed E-state index contributed by atoms with van der Waals surface area (Å²) in [5, 5.41) is 0. The van der Waals surface area contributed by atoms with Gasteiger partial charge in [-0.25, -0.2) is 4.39 Å². The minimum Gasteiger partial charge on any atom is -0.342 e. The molecule has 0 radical (unpaired) electrons. The lowest BCUT2D eigenvalue weighted by atomic mass is 10.1. The molecule has 3 saturated heterocycles. The van der Waals surface area contributed by atoms with Crippen LogP contribution in [-0.4, -0.2) is 84.8 Å². The molecule has 0 aromatic heterocycles. The molecule has 0 saturated carbocycles. The maximum atomic E-state index is 13.2. The number of carbonyl (C=O) groups is 3. The lowest BCUT2D eigenvalue weighted by molar-refractivity contribution is -0.141. The first-order chi connectivity index (χ1) is 15.0. The highest BCUT2D eigenvalue weighted by molar-refractivity contribution is 6.09. The number of carbonyl (C=O) groups excluding carboxylic acids is 3. The van der Waals surface area contributed by atoms with Crippen molar-refractivity contribution in [3.05, 3.63) is 30.1 Å². The van der Waals surface area contributed by atoms with E-state index >= 15 is 0 Å². The summed E-state index contributed by atoms with van der Waals surface area (Å²) in [6.07, 6.45) is 5.03. The summed E-state index contributed by atoms with van der Waals surface area (Å²) in [6.45, 7) is 4.94. The van der Waals surface area contributed by atoms with Crippen LogP contribution >= 0.6 is 0 Å². The summed E-state index contributed by atoms with van der Waals surface area (Å²) < 4.78 is 13.2. The van der Waals surface area contributed by atoms with Crippen LogP contribution in [0.5, 0.6) is 0 Å². The molecule has 1 aromatic rings. The molecular weight excluding hydrogens is 399 g/mol. The fraction of sp³-hybridized carbons (Fsp3) is 0.609. The van der Waals surface area contributed by atoms with Crippen LogP contribution in [0.3, 0.4) is 0 Å². The van der Waals surface area contributed by atoms with Crippen LogP contribution in [0.25, 0.3) is 0 Å². The van der Waals surface area contributed by atoms with E-state index in [0.717, 1.165) is 25.9 Å². The molecule has 3 aliphatic heterocycles. The predicted molar refractivity (Wildman–Crippen MR) is 115 cm³/mol. The number of amides is 3. The minimum absolute atomic E-state index is 0.131. The largest absolute Gasteiger partial charge is 0.342 e. The first-order valence-corrected chi connectivity index (χ1v) is 11.4. The molecule has 4 rings (SSSR count). The number of likely N-dealkylation sites (tertiary alicyclic amines) is 1. The number of benzene rings is 1. The van der Waals surface area contributed by atoms with Crippen molar-refractivity contribution in [2.45, 2.75) is 32.1 Å². The maximum Gasteiger partial charge on any atom is 0.239 e. The molecule has 3 heterocycles. The van der Waals surface area contributed by atoms with Crippen molar-refractivity contribution in [3.63, 3.8) is 0 Å². The van der Waals surface area contributed by atoms with Crippen molar-refractivity contribution in [2.24, 2.45) is 5.92 Å². The summed E-state index contributed by atoms with van der Waals surface area (Å²) in [6, 6.07) is 5.79. The molecule has 0 bridgehead atoms. The number of halogens is 1. The Labute approximate surface area is 182 Å². The monoisotopic (exact) mass is 430 g/mol. The van der Waals surface area contributed by atoms with Crippen LogP contribution in [-0.2, 0) is 14.4 Å². The van der Waals surface area contributed by atoms with Crippen molar-refractivity contribution in [1.82, 2.24) is 14.7 Å². The van der Waals surface area contributed by atoms with Gasteiger partial charge in [-0.05, 0) is 43.5 Å². The smallest absolute Gasteiger partial charge is 0.239 e. The molecule has 31 heavy (non-hydrogen) atoms. The summed E-state index contributed by atoms with van der Waals surface area (Å²) in [4.78, 5) is 45.8. The van der Waals surface area contributed by atoms with E-state index < -0.39 is 5.92 Å². The van der Waals surface area contributed by atoms with Gasteiger partial charge in [-0.1, -0.05) is 12.8 Å². The third-order valence-electron chi connectivity index (χ3n) is 6.64. The number of rotatable bonds is 4. The molecule has 0 aliphatic carbocycles. The van der Waals surface area contributed by atoms with Crippen LogP contribution in [0.4, 0.5) is 10.1 Å². The molecule has 8 heteroatoms. The molecular formula is C23H31FN4O3. The van der Waals surface area contributed by atoms with Gasteiger partial charge in [0.1, 0.15) is 11.7 Å². The van der Waals surface area contributed by atoms with Crippen LogP contribution < -0.4 is 4.90 Å². The Morgan fingerprint density at radius 1 is 0.839 bits per heavy atom. The molecule has 7 nitrogen and oxygen atoms in total. The third kappa shape index (κ3) is 5.06. The van der Waals surface area contributed by atoms with Gasteiger partial charge in [0.05, 0.1) is 6.54 Å². The molecule has 1 unspecified atom stereocenters. The van der Waals surface area contributed by atoms with Crippen LogP contribution in [0, 0.1) is 11.7 Å². The number of nitrogens with zero attached hydrogens (tertiary/aromatic N) is 4. The number of anilines is 1. The van der Waals surface area contributed by atoms with Gasteiger partial charge in [-0.2, -0.15) is 0 Å². The molecule has 0 spiro atoms. The Balaban J connectivity index is 1.27. The number of piperazine rings is 1. The highest BCUT2D eigenvalue weighted by Gasteiger charge is 2.40. The van der Waals surface area contributed by atoms with Gasteiger partial charge in [0.2, 0.25) is 17.7 Å². The molecule has 168 valence electrons. The molecule has 0 N–H and O–H groups in total. The van der Waals surface area contributed by atoms with Crippen molar-refractivity contribution in [2.75, 3.05) is 57.3 Å². The summed E-state index contributed by atoms with van der Waals surface area (Å²) in [5.74, 6) is -1.18. The second-order valence-electron chi connectivity index (χ2n) is 8.70. The average Bonchev–Trinajstić information content (AvgIpc) is 2.98. The topological polar surface area (TPSA) is 64.2 Å². The normalized spacial score (nSPS) is 23.2. The van der Waals surface area contributed by atoms with Crippen molar-refractivity contribution in [3.8, 4) is 0 Å². The zero-order chi connectivity index (χ0) is 21.8. The lowest BCUT2D eigenvalue weighted by Crippen LogP contribution is -2.53. The third-order valence-corrected chi connectivity index (χ3v) is 6.64. The van der Waals surface area contributed by atoms with Crippen LogP contribution in [0.1, 0.15) is 32.1 Å². The standard InChI is InChI=1S/C23H31FN4O3/c24-18-5-7-19(8-6-18)28-12-9-20(23(28)31)22(30)27-15-13-25(14-16-27)17-21(29)26-10-3-1-2-4-11-26/h5-8,20H,1-4,9-17H2. The van der Waals surface area contributed by atoms with Gasteiger partial charge in [-0.3, -0.25) is 19.3 Å². The van der Waals surface area contributed by atoms with E-state index in [0.29, 0.717) is 51.4 Å². The second kappa shape index (κ2) is 9.77. The molecule has 3 fully saturated rings. The van der Waals surface area contributed by atoms with E-state index in [-0.39, 0.29) is 23.5 Å². The maximum absolute atomic E-state index is 13.2. The van der Waals surface area contributed by atoms with E-state index in [4.69, 9.17) is 0 Å². The SMILES string of the molecule is O=C(CN1CCN(C(=O)C2CCN(c3ccc(F)cc3)C2=O)CC1)N1CCCCCC1. The first-order valence-electron chi connectivity index (χ1n) is 11.4. The summed E-state index contributed by atoms with van der Waals surface area (Å²) in [7, 11) is 0. The summed E-state index contributed by atoms with van der Waals surface area (Å²) >= 11 is 0. The van der Waals surface area contributed by atoms with Gasteiger partial charge >= 0.3 is 0 Å². The number of hydrogen-bond acceptors (Lipinski definition) is 4. The van der Waals surface area contributed by atoms with E-state index in [2.05, 4.69) is 4.90 Å². The molecule has 3 amide bonds. The van der Waals surface area contributed by atoms with E-state index in [9.17, 15) is 18.8 Å². The number of hydrogen-bond donors (Lipinski definition) is 0. The predicted octanol–water partition coefficient (Wildman–Crippen LogP) is 1.73. The Morgan fingerprint density at radius 2 is 1.48 bits per heavy atom. The zero-order valence-electron chi connectivity index (χ0n) is 18.0. The van der Waals surface area contributed by atoms with Crippen molar-refractivity contribution in [1.29, 1.82) is 0 Å². The Bertz CT molecular complexity index is 800. The molecule has 1 aromatic carbocycles. The van der Waals surface area contributed by atoms with Crippen molar-refractivity contribution < 1.29 is 18.8 Å². The fourth-order valence-electron chi connectivity index (χ4n) is 4.74. The Hall–Kier alpha value is -2.48. The zero-order valence-corrected chi connectivity index (χ0v) is 18.0. The van der Waals surface area contributed by atoms with E-state index in [1.54, 1.807) is 21.9 Å². The van der Waals surface area contributed by atoms with Crippen LogP contribution in [0.15, 0.2) is 24.3 Å². The van der Waals surface area contributed by atoms with Crippen LogP contribution in [0.2, 0.25) is 0 Å². The van der Waals surface area contributed by atoms with E-state index in [1.165, 1.54) is 25.0 Å². The highest BCUT2D eigenvalue weighted by atomic mass is 19.1. The molecule has 1 atom stereocenters. The molecule has 3 aliphatic rings. The van der Waals surface area contributed by atoms with E-state index in [1.807, 2.05) is 4.90 Å². The van der Waals surface area contributed by atoms with Gasteiger partial charge in [0.25, 0.3) is 0 Å². The fourth-order valence-corrected chi connectivity index (χ4v) is 4.74. The minimum atomic E-state index is -0.671. The summed E-state index contributed by atoms with van der Waals surface area (Å²) in [5.41, 5.74) is 0.624. The second-order valence-corrected chi connectivity index (χ2v) is 8.70. The van der Waals surface area contributed by atoms with Gasteiger partial charge in [0.15, 0.2) is 0 Å². The average molecular weight is 431 g/mol. The van der Waals surface area contributed by atoms with Gasteiger partial charge in [-0.15, -0.1) is 0 Å². The Morgan fingerprint density at radius 3 is 2.13 bits per heavy atom. The van der Waals surface area contributed by atoms with Gasteiger partial charge < -0.3 is 14.7 Å².